The summed E-state index contributed by atoms with van der Waals surface area (Å²) in [7, 11) is 0. The van der Waals surface area contributed by atoms with E-state index >= 15 is 0 Å². The van der Waals surface area contributed by atoms with E-state index in [0.29, 0.717) is 6.54 Å². The third-order valence-corrected chi connectivity index (χ3v) is 2.57. The third kappa shape index (κ3) is 3.13. The lowest BCUT2D eigenvalue weighted by Gasteiger charge is -2.12. The van der Waals surface area contributed by atoms with E-state index in [1.54, 1.807) is 0 Å². The summed E-state index contributed by atoms with van der Waals surface area (Å²) in [5.74, 6) is -1.46. The lowest BCUT2D eigenvalue weighted by Crippen LogP contribution is -2.39. The molecule has 1 aliphatic rings. The number of halogens is 2. The van der Waals surface area contributed by atoms with Crippen LogP contribution in [-0.2, 0) is 0 Å². The first kappa shape index (κ1) is 11.8. The summed E-state index contributed by atoms with van der Waals surface area (Å²) in [4.78, 5) is 11.5. The molecule has 0 spiro atoms. The minimum absolute atomic E-state index is 0.0325. The van der Waals surface area contributed by atoms with Crippen LogP contribution >= 0.6 is 0 Å². The van der Waals surface area contributed by atoms with Crippen LogP contribution in [0.1, 0.15) is 6.42 Å². The Balaban J connectivity index is 1.93. The van der Waals surface area contributed by atoms with E-state index in [1.165, 1.54) is 6.07 Å². The maximum Gasteiger partial charge on any atom is 0.319 e. The summed E-state index contributed by atoms with van der Waals surface area (Å²) in [5, 5.41) is 8.14. The van der Waals surface area contributed by atoms with Crippen LogP contribution in [0.4, 0.5) is 19.3 Å². The fourth-order valence-corrected chi connectivity index (χ4v) is 1.71. The van der Waals surface area contributed by atoms with E-state index in [0.717, 1.165) is 25.1 Å². The Morgan fingerprint density at radius 2 is 2.24 bits per heavy atom. The van der Waals surface area contributed by atoms with Gasteiger partial charge in [0, 0.05) is 18.7 Å². The number of nitrogens with one attached hydrogen (secondary N) is 3. The molecule has 17 heavy (non-hydrogen) atoms. The molecule has 1 aromatic rings. The Hall–Kier alpha value is -1.69. The Labute approximate surface area is 97.4 Å². The van der Waals surface area contributed by atoms with E-state index in [4.69, 9.17) is 0 Å². The van der Waals surface area contributed by atoms with Gasteiger partial charge in [-0.25, -0.2) is 13.6 Å². The summed E-state index contributed by atoms with van der Waals surface area (Å²) >= 11 is 0. The van der Waals surface area contributed by atoms with Crippen molar-refractivity contribution in [3.63, 3.8) is 0 Å². The number of hydrogen-bond donors (Lipinski definition) is 3. The lowest BCUT2D eigenvalue weighted by atomic mass is 10.2. The molecule has 1 atom stereocenters. The summed E-state index contributed by atoms with van der Waals surface area (Å²) in [6.07, 6.45) is 0.847. The van der Waals surface area contributed by atoms with Gasteiger partial charge in [-0.2, -0.15) is 0 Å². The molecular weight excluding hydrogens is 228 g/mol. The summed E-state index contributed by atoms with van der Waals surface area (Å²) in [6.45, 7) is 1.56. The Morgan fingerprint density at radius 1 is 1.41 bits per heavy atom. The molecule has 1 fully saturated rings. The smallest absolute Gasteiger partial charge is 0.319 e. The molecule has 2 rings (SSSR count). The molecule has 0 aliphatic carbocycles. The van der Waals surface area contributed by atoms with E-state index in [1.807, 2.05) is 0 Å². The summed E-state index contributed by atoms with van der Waals surface area (Å²) in [6, 6.07) is 2.59. The largest absolute Gasteiger partial charge is 0.334 e. The second-order valence-corrected chi connectivity index (χ2v) is 3.91. The molecule has 0 radical (unpaired) electrons. The highest BCUT2D eigenvalue weighted by Gasteiger charge is 2.17. The fraction of sp³-hybridized carbons (Fsp3) is 0.364. The fourth-order valence-electron chi connectivity index (χ4n) is 1.71. The molecule has 1 saturated heterocycles. The monoisotopic (exact) mass is 241 g/mol. The average Bonchev–Trinajstić information content (AvgIpc) is 2.75. The van der Waals surface area contributed by atoms with Crippen LogP contribution < -0.4 is 16.0 Å². The molecule has 4 nitrogen and oxygen atoms in total. The predicted octanol–water partition coefficient (Wildman–Crippen LogP) is 1.45. The third-order valence-electron chi connectivity index (χ3n) is 2.57. The maximum atomic E-state index is 13.2. The van der Waals surface area contributed by atoms with Crippen molar-refractivity contribution in [3.8, 4) is 0 Å². The van der Waals surface area contributed by atoms with Crippen molar-refractivity contribution < 1.29 is 13.6 Å². The van der Waals surface area contributed by atoms with Gasteiger partial charge in [-0.15, -0.1) is 0 Å². The van der Waals surface area contributed by atoms with Crippen molar-refractivity contribution in [2.75, 3.05) is 18.4 Å². The van der Waals surface area contributed by atoms with Gasteiger partial charge in [0.1, 0.15) is 11.6 Å². The summed E-state index contributed by atoms with van der Waals surface area (Å²) in [5.41, 5.74) is -0.0325. The van der Waals surface area contributed by atoms with Gasteiger partial charge >= 0.3 is 6.03 Å². The molecule has 6 heteroatoms. The Bertz CT molecular complexity index is 419. The minimum Gasteiger partial charge on any atom is -0.334 e. The number of amides is 2. The highest BCUT2D eigenvalue weighted by Crippen LogP contribution is 2.14. The predicted molar refractivity (Wildman–Crippen MR) is 59.8 cm³/mol. The van der Waals surface area contributed by atoms with E-state index in [-0.39, 0.29) is 11.7 Å². The first-order chi connectivity index (χ1) is 8.15. The van der Waals surface area contributed by atoms with Gasteiger partial charge in [-0.1, -0.05) is 0 Å². The molecule has 0 bridgehead atoms. The van der Waals surface area contributed by atoms with E-state index < -0.39 is 17.7 Å². The first-order valence-corrected chi connectivity index (χ1v) is 5.38. The van der Waals surface area contributed by atoms with E-state index in [2.05, 4.69) is 16.0 Å². The number of urea groups is 1. The van der Waals surface area contributed by atoms with E-state index in [9.17, 15) is 13.6 Å². The van der Waals surface area contributed by atoms with Gasteiger partial charge < -0.3 is 16.0 Å². The van der Waals surface area contributed by atoms with Crippen LogP contribution in [0.25, 0.3) is 0 Å². The van der Waals surface area contributed by atoms with Gasteiger partial charge in [-0.3, -0.25) is 0 Å². The summed E-state index contributed by atoms with van der Waals surface area (Å²) < 4.78 is 25.9. The average molecular weight is 241 g/mol. The van der Waals surface area contributed by atoms with Crippen LogP contribution in [0.3, 0.4) is 0 Å². The highest BCUT2D eigenvalue weighted by molar-refractivity contribution is 5.89. The zero-order valence-electron chi connectivity index (χ0n) is 9.09. The van der Waals surface area contributed by atoms with Gasteiger partial charge in [0.2, 0.25) is 0 Å². The second-order valence-electron chi connectivity index (χ2n) is 3.91. The zero-order chi connectivity index (χ0) is 12.3. The number of anilines is 1. The van der Waals surface area contributed by atoms with Crippen LogP contribution in [0.5, 0.6) is 0 Å². The number of carbonyl (C=O) groups is 1. The molecule has 92 valence electrons. The molecule has 3 N–H and O–H groups in total. The quantitative estimate of drug-likeness (QED) is 0.734. The highest BCUT2D eigenvalue weighted by atomic mass is 19.1. The van der Waals surface area contributed by atoms with Crippen molar-refractivity contribution in [1.29, 1.82) is 0 Å². The van der Waals surface area contributed by atoms with Crippen molar-refractivity contribution >= 4 is 11.7 Å². The zero-order valence-corrected chi connectivity index (χ0v) is 9.09. The topological polar surface area (TPSA) is 53.2 Å². The second kappa shape index (κ2) is 5.09. The number of benzene rings is 1. The standard InChI is InChI=1S/C11H13F2N3O/c12-7-1-2-10(9(13)5-7)16-11(17)15-8-3-4-14-6-8/h1-2,5,8,14H,3-4,6H2,(H2,15,16,17)/t8-/m0/s1. The molecule has 1 aromatic carbocycles. The molecule has 0 aromatic heterocycles. The molecule has 0 saturated carbocycles. The van der Waals surface area contributed by atoms with Crippen molar-refractivity contribution in [2.24, 2.45) is 0 Å². The molecule has 2 amide bonds. The number of rotatable bonds is 2. The van der Waals surface area contributed by atoms with Gasteiger partial charge in [-0.05, 0) is 25.1 Å². The van der Waals surface area contributed by atoms with Gasteiger partial charge in [0.15, 0.2) is 0 Å². The molecule has 1 aliphatic heterocycles. The number of carbonyl (C=O) groups excluding carboxylic acids is 1. The Morgan fingerprint density at radius 3 is 2.88 bits per heavy atom. The SMILES string of the molecule is O=C(Nc1ccc(F)cc1F)N[C@H]1CCNC1. The molecule has 1 heterocycles. The molecule has 0 unspecified atom stereocenters. The van der Waals surface area contributed by atoms with Crippen LogP contribution in [-0.4, -0.2) is 25.2 Å². The van der Waals surface area contributed by atoms with Crippen molar-refractivity contribution in [3.05, 3.63) is 29.8 Å². The van der Waals surface area contributed by atoms with Crippen molar-refractivity contribution in [1.82, 2.24) is 10.6 Å². The van der Waals surface area contributed by atoms with Crippen LogP contribution in [0, 0.1) is 11.6 Å². The van der Waals surface area contributed by atoms with Gasteiger partial charge in [0.05, 0.1) is 5.69 Å². The lowest BCUT2D eigenvalue weighted by molar-refractivity contribution is 0.249. The van der Waals surface area contributed by atoms with Crippen LogP contribution in [0.15, 0.2) is 18.2 Å². The molecular formula is C11H13F2N3O. The minimum atomic E-state index is -0.787. The van der Waals surface area contributed by atoms with Gasteiger partial charge in [0.25, 0.3) is 0 Å². The van der Waals surface area contributed by atoms with Crippen LogP contribution in [0.2, 0.25) is 0 Å². The maximum absolute atomic E-state index is 13.2. The Kier molecular flexibility index (Phi) is 3.53. The number of hydrogen-bond acceptors (Lipinski definition) is 2. The first-order valence-electron chi connectivity index (χ1n) is 5.38. The normalized spacial score (nSPS) is 19.1. The van der Waals surface area contributed by atoms with Crippen molar-refractivity contribution in [2.45, 2.75) is 12.5 Å².